The van der Waals surface area contributed by atoms with E-state index in [1.54, 1.807) is 0 Å². The molecule has 0 radical (unpaired) electrons. The quantitative estimate of drug-likeness (QED) is 0.541. The molecular formula is C4H8FNO2. The van der Waals surface area contributed by atoms with Crippen molar-refractivity contribution in [1.82, 2.24) is 0 Å². The maximum absolute atomic E-state index is 11.9. The summed E-state index contributed by atoms with van der Waals surface area (Å²) in [5.41, 5.74) is 4.78. The minimum Gasteiger partial charge on any atom is -0.481 e. The molecule has 0 spiro atoms. The molecule has 0 unspecified atom stereocenters. The first kappa shape index (κ1) is 7.36. The van der Waals surface area contributed by atoms with Crippen LogP contribution in [0.1, 0.15) is 6.42 Å². The Kier molecular flexibility index (Phi) is 3.10. The summed E-state index contributed by atoms with van der Waals surface area (Å²) in [5.74, 6) is -1.15. The number of carbonyl (C=O) groups is 1. The standard InChI is InChI=1S/C4H8FNO2/c5-3(2-6)1-4(7)8/h3H,1-2,6H2,(H,7,8)/t3-/m1/s1. The molecule has 0 aliphatic carbocycles. The Balaban J connectivity index is 3.24. The van der Waals surface area contributed by atoms with Gasteiger partial charge in [0, 0.05) is 6.54 Å². The van der Waals surface area contributed by atoms with Crippen LogP contribution in [0.25, 0.3) is 0 Å². The molecule has 0 saturated heterocycles. The van der Waals surface area contributed by atoms with E-state index in [4.69, 9.17) is 10.8 Å². The normalized spacial score (nSPS) is 13.2. The van der Waals surface area contributed by atoms with Crippen molar-refractivity contribution in [3.8, 4) is 0 Å². The zero-order chi connectivity index (χ0) is 6.57. The van der Waals surface area contributed by atoms with Gasteiger partial charge in [-0.25, -0.2) is 4.39 Å². The number of aliphatic carboxylic acids is 1. The first-order chi connectivity index (χ1) is 3.66. The van der Waals surface area contributed by atoms with Gasteiger partial charge >= 0.3 is 5.97 Å². The predicted octanol–water partition coefficient (Wildman–Crippen LogP) is -0.242. The third-order valence-corrected chi connectivity index (χ3v) is 0.652. The van der Waals surface area contributed by atoms with E-state index in [9.17, 15) is 9.18 Å². The van der Waals surface area contributed by atoms with Crippen LogP contribution in [-0.4, -0.2) is 23.8 Å². The summed E-state index contributed by atoms with van der Waals surface area (Å²) >= 11 is 0. The van der Waals surface area contributed by atoms with Gasteiger partial charge in [0.15, 0.2) is 0 Å². The molecule has 0 aromatic rings. The smallest absolute Gasteiger partial charge is 0.306 e. The van der Waals surface area contributed by atoms with E-state index >= 15 is 0 Å². The van der Waals surface area contributed by atoms with Crippen molar-refractivity contribution in [3.05, 3.63) is 0 Å². The molecule has 3 N–H and O–H groups in total. The molecule has 8 heavy (non-hydrogen) atoms. The second-order valence-electron chi connectivity index (χ2n) is 1.43. The summed E-state index contributed by atoms with van der Waals surface area (Å²) in [6.45, 7) is -0.216. The fourth-order valence-corrected chi connectivity index (χ4v) is 0.273. The van der Waals surface area contributed by atoms with E-state index in [0.717, 1.165) is 0 Å². The Morgan fingerprint density at radius 1 is 1.88 bits per heavy atom. The average Bonchev–Trinajstić information content (AvgIpc) is 1.65. The average molecular weight is 121 g/mol. The lowest BCUT2D eigenvalue weighted by molar-refractivity contribution is -0.138. The summed E-state index contributed by atoms with van der Waals surface area (Å²) in [7, 11) is 0. The van der Waals surface area contributed by atoms with Crippen molar-refractivity contribution in [2.24, 2.45) is 5.73 Å². The van der Waals surface area contributed by atoms with E-state index < -0.39 is 18.6 Å². The van der Waals surface area contributed by atoms with E-state index in [1.807, 2.05) is 0 Å². The van der Waals surface area contributed by atoms with Crippen molar-refractivity contribution >= 4 is 5.97 Å². The maximum Gasteiger partial charge on any atom is 0.306 e. The molecule has 0 aromatic heterocycles. The third kappa shape index (κ3) is 3.55. The van der Waals surface area contributed by atoms with Crippen LogP contribution in [0.4, 0.5) is 4.39 Å². The number of carboxylic acids is 1. The van der Waals surface area contributed by atoms with Crippen molar-refractivity contribution in [1.29, 1.82) is 0 Å². The fraction of sp³-hybridized carbons (Fsp3) is 0.750. The molecule has 0 fully saturated rings. The van der Waals surface area contributed by atoms with Gasteiger partial charge in [-0.1, -0.05) is 0 Å². The molecule has 0 rings (SSSR count). The Bertz CT molecular complexity index is 86.1. The topological polar surface area (TPSA) is 63.3 Å². The van der Waals surface area contributed by atoms with E-state index in [1.165, 1.54) is 0 Å². The zero-order valence-electron chi connectivity index (χ0n) is 4.30. The SMILES string of the molecule is NC[C@H](F)CC(=O)O. The molecule has 3 nitrogen and oxygen atoms in total. The minimum atomic E-state index is -1.40. The van der Waals surface area contributed by atoms with Crippen molar-refractivity contribution in [3.63, 3.8) is 0 Å². The molecule has 0 aliphatic rings. The van der Waals surface area contributed by atoms with Crippen LogP contribution in [0.5, 0.6) is 0 Å². The molecule has 4 heteroatoms. The van der Waals surface area contributed by atoms with Crippen LogP contribution in [0, 0.1) is 0 Å². The summed E-state index contributed by atoms with van der Waals surface area (Å²) in [5, 5.41) is 7.92. The highest BCUT2D eigenvalue weighted by Crippen LogP contribution is 1.92. The fourth-order valence-electron chi connectivity index (χ4n) is 0.273. The molecule has 0 aliphatic heterocycles. The lowest BCUT2D eigenvalue weighted by Crippen LogP contribution is -2.18. The van der Waals surface area contributed by atoms with Crippen LogP contribution in [-0.2, 0) is 4.79 Å². The second-order valence-corrected chi connectivity index (χ2v) is 1.43. The number of alkyl halides is 1. The Morgan fingerprint density at radius 3 is 2.50 bits per heavy atom. The first-order valence-corrected chi connectivity index (χ1v) is 2.22. The highest BCUT2D eigenvalue weighted by atomic mass is 19.1. The van der Waals surface area contributed by atoms with Crippen LogP contribution >= 0.6 is 0 Å². The predicted molar refractivity (Wildman–Crippen MR) is 26.2 cm³/mol. The highest BCUT2D eigenvalue weighted by molar-refractivity contribution is 5.67. The molecule has 1 atom stereocenters. The van der Waals surface area contributed by atoms with Crippen LogP contribution < -0.4 is 5.73 Å². The molecule has 0 aromatic carbocycles. The van der Waals surface area contributed by atoms with Gasteiger partial charge in [0.2, 0.25) is 0 Å². The van der Waals surface area contributed by atoms with Crippen molar-refractivity contribution < 1.29 is 14.3 Å². The summed E-state index contributed by atoms with van der Waals surface area (Å²) in [4.78, 5) is 9.67. The van der Waals surface area contributed by atoms with Gasteiger partial charge in [-0.05, 0) is 0 Å². The van der Waals surface area contributed by atoms with E-state index in [0.29, 0.717) is 0 Å². The number of hydrogen-bond donors (Lipinski definition) is 2. The zero-order valence-corrected chi connectivity index (χ0v) is 4.30. The van der Waals surface area contributed by atoms with Crippen molar-refractivity contribution in [2.75, 3.05) is 6.54 Å². The largest absolute Gasteiger partial charge is 0.481 e. The monoisotopic (exact) mass is 121 g/mol. The van der Waals surface area contributed by atoms with Crippen molar-refractivity contribution in [2.45, 2.75) is 12.6 Å². The first-order valence-electron chi connectivity index (χ1n) is 2.22. The van der Waals surface area contributed by atoms with E-state index in [2.05, 4.69) is 0 Å². The molecular weight excluding hydrogens is 113 g/mol. The van der Waals surface area contributed by atoms with Gasteiger partial charge in [0.1, 0.15) is 6.17 Å². The van der Waals surface area contributed by atoms with Gasteiger partial charge in [-0.2, -0.15) is 0 Å². The molecule has 48 valence electrons. The summed E-state index contributed by atoms with van der Waals surface area (Å²) in [6, 6.07) is 0. The van der Waals surface area contributed by atoms with Gasteiger partial charge in [-0.3, -0.25) is 4.79 Å². The summed E-state index contributed by atoms with van der Waals surface area (Å²) < 4.78 is 11.9. The molecule has 0 heterocycles. The number of halogens is 1. The summed E-state index contributed by atoms with van der Waals surface area (Å²) in [6.07, 6.45) is -1.89. The lowest BCUT2D eigenvalue weighted by atomic mass is 10.3. The molecule has 0 bridgehead atoms. The number of carboxylic acid groups (broad SMARTS) is 1. The van der Waals surface area contributed by atoms with Gasteiger partial charge < -0.3 is 10.8 Å². The maximum atomic E-state index is 11.9. The Labute approximate surface area is 46.3 Å². The second kappa shape index (κ2) is 3.37. The Morgan fingerprint density at radius 2 is 2.38 bits per heavy atom. The van der Waals surface area contributed by atoms with Crippen LogP contribution in [0.15, 0.2) is 0 Å². The highest BCUT2D eigenvalue weighted by Gasteiger charge is 2.07. The number of rotatable bonds is 3. The van der Waals surface area contributed by atoms with Gasteiger partial charge in [-0.15, -0.1) is 0 Å². The lowest BCUT2D eigenvalue weighted by Gasteiger charge is -1.96. The number of nitrogens with two attached hydrogens (primary N) is 1. The van der Waals surface area contributed by atoms with Crippen LogP contribution in [0.3, 0.4) is 0 Å². The minimum absolute atomic E-state index is 0.216. The van der Waals surface area contributed by atoms with Gasteiger partial charge in [0.25, 0.3) is 0 Å². The van der Waals surface area contributed by atoms with Gasteiger partial charge in [0.05, 0.1) is 6.42 Å². The molecule has 0 saturated carbocycles. The molecule has 0 amide bonds. The Hall–Kier alpha value is -0.640. The number of hydrogen-bond acceptors (Lipinski definition) is 2. The van der Waals surface area contributed by atoms with E-state index in [-0.39, 0.29) is 6.54 Å². The van der Waals surface area contributed by atoms with Crippen LogP contribution in [0.2, 0.25) is 0 Å². The third-order valence-electron chi connectivity index (χ3n) is 0.652.